The third-order valence-corrected chi connectivity index (χ3v) is 6.30. The highest BCUT2D eigenvalue weighted by Gasteiger charge is 2.16. The van der Waals surface area contributed by atoms with Gasteiger partial charge in [-0.15, -0.1) is 10.2 Å². The molecule has 2 aromatic carbocycles. The fourth-order valence-corrected chi connectivity index (χ4v) is 4.64. The molecule has 170 valence electrons. The zero-order valence-corrected chi connectivity index (χ0v) is 19.4. The van der Waals surface area contributed by atoms with Crippen LogP contribution in [0.4, 0.5) is 5.69 Å². The highest BCUT2D eigenvalue weighted by molar-refractivity contribution is 7.99. The predicted molar refractivity (Wildman–Crippen MR) is 130 cm³/mol. The first-order valence-corrected chi connectivity index (χ1v) is 11.9. The van der Waals surface area contributed by atoms with Crippen LogP contribution in [-0.2, 0) is 11.3 Å². The molecule has 0 aliphatic heterocycles. The van der Waals surface area contributed by atoms with E-state index in [1.807, 2.05) is 35.6 Å². The van der Waals surface area contributed by atoms with Gasteiger partial charge in [0.05, 0.1) is 16.6 Å². The summed E-state index contributed by atoms with van der Waals surface area (Å²) in [5.41, 5.74) is 1.74. The first-order chi connectivity index (χ1) is 16.0. The second-order valence-corrected chi connectivity index (χ2v) is 8.76. The van der Waals surface area contributed by atoms with Crippen molar-refractivity contribution in [3.63, 3.8) is 0 Å². The van der Waals surface area contributed by atoms with Gasteiger partial charge in [-0.3, -0.25) is 23.4 Å². The number of rotatable bonds is 9. The lowest BCUT2D eigenvalue weighted by molar-refractivity contribution is -0.116. The maximum Gasteiger partial charge on any atom is 0.262 e. The molecule has 0 spiro atoms. The topological polar surface area (TPSA) is 98.4 Å². The van der Waals surface area contributed by atoms with Crippen molar-refractivity contribution in [1.29, 1.82) is 0 Å². The molecule has 0 fully saturated rings. The fourth-order valence-electron chi connectivity index (χ4n) is 3.76. The van der Waals surface area contributed by atoms with Crippen molar-refractivity contribution < 1.29 is 9.59 Å². The number of anilines is 1. The van der Waals surface area contributed by atoms with Crippen molar-refractivity contribution in [3.8, 4) is 0 Å². The van der Waals surface area contributed by atoms with E-state index in [4.69, 9.17) is 0 Å². The Morgan fingerprint density at radius 1 is 1.06 bits per heavy atom. The molecule has 0 saturated heterocycles. The number of carbonyl (C=O) groups excluding carboxylic acids is 2. The van der Waals surface area contributed by atoms with E-state index in [0.29, 0.717) is 52.7 Å². The molecular formula is C24H25N5O3S. The Labute approximate surface area is 195 Å². The molecule has 4 rings (SSSR count). The molecule has 8 nitrogen and oxygen atoms in total. The number of benzene rings is 2. The first-order valence-electron chi connectivity index (χ1n) is 10.9. The molecule has 0 aliphatic carbocycles. The lowest BCUT2D eigenvalue weighted by Crippen LogP contribution is -2.23. The SMILES string of the molecule is CCCn1c(=O)c2ccccc2n2c(SCCCC(=O)Nc3ccccc3C(C)=O)nnc12. The van der Waals surface area contributed by atoms with Gasteiger partial charge in [-0.1, -0.05) is 43.0 Å². The third-order valence-electron chi connectivity index (χ3n) is 5.29. The van der Waals surface area contributed by atoms with E-state index in [2.05, 4.69) is 15.5 Å². The van der Waals surface area contributed by atoms with E-state index >= 15 is 0 Å². The highest BCUT2D eigenvalue weighted by Crippen LogP contribution is 2.23. The molecule has 33 heavy (non-hydrogen) atoms. The van der Waals surface area contributed by atoms with Crippen molar-refractivity contribution in [3.05, 3.63) is 64.4 Å². The smallest absolute Gasteiger partial charge is 0.262 e. The Kier molecular flexibility index (Phi) is 6.88. The van der Waals surface area contributed by atoms with E-state index in [-0.39, 0.29) is 17.2 Å². The van der Waals surface area contributed by atoms with E-state index in [9.17, 15) is 14.4 Å². The number of carbonyl (C=O) groups is 2. The summed E-state index contributed by atoms with van der Waals surface area (Å²) < 4.78 is 3.58. The zero-order valence-electron chi connectivity index (χ0n) is 18.6. The molecule has 0 atom stereocenters. The highest BCUT2D eigenvalue weighted by atomic mass is 32.2. The summed E-state index contributed by atoms with van der Waals surface area (Å²) in [6.07, 6.45) is 1.75. The molecule has 1 N–H and O–H groups in total. The van der Waals surface area contributed by atoms with E-state index in [1.54, 1.807) is 28.8 Å². The van der Waals surface area contributed by atoms with Crippen molar-refractivity contribution in [2.24, 2.45) is 0 Å². The number of nitrogens with one attached hydrogen (secondary N) is 1. The second-order valence-electron chi connectivity index (χ2n) is 7.69. The Balaban J connectivity index is 1.47. The Bertz CT molecular complexity index is 1390. The number of fused-ring (bicyclic) bond motifs is 3. The normalized spacial score (nSPS) is 11.2. The minimum absolute atomic E-state index is 0.0635. The number of para-hydroxylation sites is 2. The van der Waals surface area contributed by atoms with Crippen LogP contribution in [0, 0.1) is 0 Å². The maximum absolute atomic E-state index is 12.9. The average Bonchev–Trinajstić information content (AvgIpc) is 3.23. The minimum atomic E-state index is -0.141. The van der Waals surface area contributed by atoms with Gasteiger partial charge < -0.3 is 5.32 Å². The largest absolute Gasteiger partial charge is 0.325 e. The monoisotopic (exact) mass is 463 g/mol. The van der Waals surface area contributed by atoms with Gasteiger partial charge in [0, 0.05) is 24.3 Å². The average molecular weight is 464 g/mol. The van der Waals surface area contributed by atoms with E-state index in [1.165, 1.54) is 18.7 Å². The van der Waals surface area contributed by atoms with Crippen LogP contribution in [0.3, 0.4) is 0 Å². The number of ketones is 1. The molecule has 2 aromatic heterocycles. The Morgan fingerprint density at radius 2 is 1.82 bits per heavy atom. The van der Waals surface area contributed by atoms with Crippen LogP contribution in [0.1, 0.15) is 43.5 Å². The molecular weight excluding hydrogens is 438 g/mol. The number of amides is 1. The van der Waals surface area contributed by atoms with Gasteiger partial charge in [0.2, 0.25) is 11.7 Å². The summed E-state index contributed by atoms with van der Waals surface area (Å²) in [4.78, 5) is 37.0. The van der Waals surface area contributed by atoms with E-state index in [0.717, 1.165) is 11.9 Å². The summed E-state index contributed by atoms with van der Waals surface area (Å²) in [7, 11) is 0. The summed E-state index contributed by atoms with van der Waals surface area (Å²) in [5.74, 6) is 0.956. The van der Waals surface area contributed by atoms with Gasteiger partial charge in [-0.05, 0) is 44.0 Å². The van der Waals surface area contributed by atoms with E-state index < -0.39 is 0 Å². The van der Waals surface area contributed by atoms with Crippen LogP contribution >= 0.6 is 11.8 Å². The van der Waals surface area contributed by atoms with Gasteiger partial charge in [-0.25, -0.2) is 0 Å². The van der Waals surface area contributed by atoms with Crippen LogP contribution in [0.25, 0.3) is 16.7 Å². The number of aromatic nitrogens is 4. The maximum atomic E-state index is 12.9. The zero-order chi connectivity index (χ0) is 23.4. The third kappa shape index (κ3) is 4.68. The van der Waals surface area contributed by atoms with Gasteiger partial charge in [0.15, 0.2) is 10.9 Å². The first kappa shape index (κ1) is 22.7. The fraction of sp³-hybridized carbons (Fsp3) is 0.292. The molecule has 0 unspecified atom stereocenters. The van der Waals surface area contributed by atoms with Crippen molar-refractivity contribution in [2.75, 3.05) is 11.1 Å². The summed E-state index contributed by atoms with van der Waals surface area (Å²) in [6.45, 7) is 4.07. The summed E-state index contributed by atoms with van der Waals surface area (Å²) in [5, 5.41) is 12.8. The lowest BCUT2D eigenvalue weighted by atomic mass is 10.1. The summed E-state index contributed by atoms with van der Waals surface area (Å²) >= 11 is 1.50. The predicted octanol–water partition coefficient (Wildman–Crippen LogP) is 4.17. The Hall–Kier alpha value is -3.46. The number of aryl methyl sites for hydroxylation is 1. The standard InChI is InChI=1S/C24H25N5O3S/c1-3-14-28-22(32)18-10-5-7-12-20(18)29-23(28)26-27-24(29)33-15-8-13-21(31)25-19-11-6-4-9-17(19)16(2)30/h4-7,9-12H,3,8,13-15H2,1-2H3,(H,25,31). The minimum Gasteiger partial charge on any atom is -0.325 e. The molecule has 0 bridgehead atoms. The van der Waals surface area contributed by atoms with Gasteiger partial charge in [0.25, 0.3) is 5.56 Å². The van der Waals surface area contributed by atoms with Crippen molar-refractivity contribution in [2.45, 2.75) is 44.8 Å². The number of nitrogens with zero attached hydrogens (tertiary/aromatic N) is 4. The molecule has 0 aliphatic rings. The molecule has 0 radical (unpaired) electrons. The molecule has 1 amide bonds. The molecule has 0 saturated carbocycles. The quantitative estimate of drug-likeness (QED) is 0.227. The number of hydrogen-bond acceptors (Lipinski definition) is 6. The van der Waals surface area contributed by atoms with Gasteiger partial charge >= 0.3 is 0 Å². The van der Waals surface area contributed by atoms with Crippen molar-refractivity contribution >= 4 is 45.8 Å². The van der Waals surface area contributed by atoms with Crippen LogP contribution in [-0.4, -0.2) is 36.6 Å². The molecule has 9 heteroatoms. The Morgan fingerprint density at radius 3 is 2.61 bits per heavy atom. The molecule has 2 heterocycles. The lowest BCUT2D eigenvalue weighted by Gasteiger charge is -2.10. The summed E-state index contributed by atoms with van der Waals surface area (Å²) in [6, 6.07) is 14.5. The van der Waals surface area contributed by atoms with Gasteiger partial charge in [0.1, 0.15) is 0 Å². The second kappa shape index (κ2) is 9.99. The van der Waals surface area contributed by atoms with Gasteiger partial charge in [-0.2, -0.15) is 0 Å². The number of Topliss-reactive ketones (excluding diaryl/α,β-unsaturated/α-hetero) is 1. The number of hydrogen-bond donors (Lipinski definition) is 1. The number of thioether (sulfide) groups is 1. The molecule has 4 aromatic rings. The van der Waals surface area contributed by atoms with Crippen LogP contribution < -0.4 is 10.9 Å². The van der Waals surface area contributed by atoms with Crippen LogP contribution in [0.15, 0.2) is 58.5 Å². The van der Waals surface area contributed by atoms with Crippen molar-refractivity contribution in [1.82, 2.24) is 19.2 Å². The van der Waals surface area contributed by atoms with Crippen LogP contribution in [0.5, 0.6) is 0 Å². The van der Waals surface area contributed by atoms with Crippen LogP contribution in [0.2, 0.25) is 0 Å².